The molecular formula is C20H23N5O. The number of carbonyl (C=O) groups excluding carboxylic acids is 1. The SMILES string of the molecule is C/C(=N/c1cc(-c2nc(N3CCC3)nc3c2CCC3)ccc1C)NC=O. The van der Waals surface area contributed by atoms with E-state index in [0.717, 1.165) is 60.8 Å². The van der Waals surface area contributed by atoms with Gasteiger partial charge in [0.25, 0.3) is 0 Å². The van der Waals surface area contributed by atoms with Crippen molar-refractivity contribution < 1.29 is 4.79 Å². The van der Waals surface area contributed by atoms with Crippen LogP contribution in [-0.2, 0) is 17.6 Å². The second kappa shape index (κ2) is 6.86. The molecule has 134 valence electrons. The van der Waals surface area contributed by atoms with Gasteiger partial charge in [0.2, 0.25) is 12.4 Å². The average Bonchev–Trinajstić information content (AvgIpc) is 3.03. The minimum atomic E-state index is 0.578. The van der Waals surface area contributed by atoms with E-state index in [4.69, 9.17) is 9.97 Å². The fraction of sp³-hybridized carbons (Fsp3) is 0.400. The lowest BCUT2D eigenvalue weighted by Crippen LogP contribution is -2.38. The molecule has 26 heavy (non-hydrogen) atoms. The van der Waals surface area contributed by atoms with Gasteiger partial charge in [-0.1, -0.05) is 12.1 Å². The Hall–Kier alpha value is -2.76. The van der Waals surface area contributed by atoms with Crippen molar-refractivity contribution in [1.29, 1.82) is 0 Å². The molecule has 0 unspecified atom stereocenters. The number of amides is 1. The van der Waals surface area contributed by atoms with Gasteiger partial charge in [-0.3, -0.25) is 4.79 Å². The number of amidine groups is 1. The van der Waals surface area contributed by atoms with Crippen LogP contribution >= 0.6 is 0 Å². The minimum Gasteiger partial charge on any atom is -0.341 e. The zero-order chi connectivity index (χ0) is 18.1. The summed E-state index contributed by atoms with van der Waals surface area (Å²) in [7, 11) is 0. The number of carbonyl (C=O) groups is 1. The van der Waals surface area contributed by atoms with Crippen molar-refractivity contribution >= 4 is 23.9 Å². The summed E-state index contributed by atoms with van der Waals surface area (Å²) in [4.78, 5) is 27.1. The largest absolute Gasteiger partial charge is 0.341 e. The third-order valence-corrected chi connectivity index (χ3v) is 5.10. The van der Waals surface area contributed by atoms with Gasteiger partial charge < -0.3 is 10.2 Å². The first-order valence-corrected chi connectivity index (χ1v) is 9.17. The van der Waals surface area contributed by atoms with Gasteiger partial charge >= 0.3 is 0 Å². The van der Waals surface area contributed by atoms with Gasteiger partial charge in [-0.15, -0.1) is 0 Å². The number of nitrogens with one attached hydrogen (secondary N) is 1. The maximum Gasteiger partial charge on any atom is 0.226 e. The molecule has 1 N–H and O–H groups in total. The molecule has 1 amide bonds. The minimum absolute atomic E-state index is 0.578. The van der Waals surface area contributed by atoms with E-state index in [1.54, 1.807) is 6.92 Å². The third-order valence-electron chi connectivity index (χ3n) is 5.10. The Morgan fingerprint density at radius 2 is 2.08 bits per heavy atom. The summed E-state index contributed by atoms with van der Waals surface area (Å²) in [5, 5.41) is 2.60. The van der Waals surface area contributed by atoms with Crippen LogP contribution in [-0.4, -0.2) is 35.3 Å². The van der Waals surface area contributed by atoms with Crippen LogP contribution in [0, 0.1) is 6.92 Å². The molecule has 0 spiro atoms. The van der Waals surface area contributed by atoms with Crippen molar-refractivity contribution in [3.05, 3.63) is 35.0 Å². The lowest BCUT2D eigenvalue weighted by molar-refractivity contribution is -0.108. The predicted octanol–water partition coefficient (Wildman–Crippen LogP) is 2.95. The van der Waals surface area contributed by atoms with Gasteiger partial charge in [-0.25, -0.2) is 15.0 Å². The topological polar surface area (TPSA) is 70.5 Å². The quantitative estimate of drug-likeness (QED) is 0.523. The molecular weight excluding hydrogens is 326 g/mol. The number of hydrogen-bond acceptors (Lipinski definition) is 5. The molecule has 1 aliphatic heterocycles. The van der Waals surface area contributed by atoms with Crippen LogP contribution in [0.5, 0.6) is 0 Å². The molecule has 2 heterocycles. The Balaban J connectivity index is 1.79. The van der Waals surface area contributed by atoms with E-state index >= 15 is 0 Å². The Kier molecular flexibility index (Phi) is 4.41. The summed E-state index contributed by atoms with van der Waals surface area (Å²) in [6.45, 7) is 5.88. The molecule has 1 aromatic heterocycles. The van der Waals surface area contributed by atoms with Gasteiger partial charge in [-0.2, -0.15) is 0 Å². The zero-order valence-electron chi connectivity index (χ0n) is 15.2. The molecule has 0 saturated carbocycles. The maximum absolute atomic E-state index is 10.6. The highest BCUT2D eigenvalue weighted by molar-refractivity contribution is 5.90. The highest BCUT2D eigenvalue weighted by Gasteiger charge is 2.24. The number of fused-ring (bicyclic) bond motifs is 1. The highest BCUT2D eigenvalue weighted by atomic mass is 16.1. The standard InChI is InChI=1S/C20H23N5O/c1-13-7-8-15(11-18(13)22-14(2)21-12-26)19-16-5-3-6-17(16)23-20(24-19)25-9-4-10-25/h7-8,11-12H,3-6,9-10H2,1-2H3,(H,21,22,26). The number of hydrogen-bond donors (Lipinski definition) is 1. The summed E-state index contributed by atoms with van der Waals surface area (Å²) < 4.78 is 0. The van der Waals surface area contributed by atoms with Crippen molar-refractivity contribution in [2.24, 2.45) is 4.99 Å². The van der Waals surface area contributed by atoms with Crippen molar-refractivity contribution in [1.82, 2.24) is 15.3 Å². The molecule has 0 radical (unpaired) electrons. The molecule has 0 atom stereocenters. The van der Waals surface area contributed by atoms with Gasteiger partial charge in [0.15, 0.2) is 0 Å². The average molecular weight is 349 g/mol. The van der Waals surface area contributed by atoms with Crippen molar-refractivity contribution in [3.8, 4) is 11.3 Å². The van der Waals surface area contributed by atoms with Crippen molar-refractivity contribution in [2.45, 2.75) is 39.5 Å². The Bertz CT molecular complexity index is 886. The first-order chi connectivity index (χ1) is 12.7. The van der Waals surface area contributed by atoms with Crippen LogP contribution in [0.15, 0.2) is 23.2 Å². The molecule has 1 aliphatic carbocycles. The second-order valence-electron chi connectivity index (χ2n) is 6.95. The summed E-state index contributed by atoms with van der Waals surface area (Å²) in [6, 6.07) is 6.24. The van der Waals surface area contributed by atoms with Gasteiger partial charge in [0.1, 0.15) is 5.84 Å². The van der Waals surface area contributed by atoms with E-state index in [-0.39, 0.29) is 0 Å². The first kappa shape index (κ1) is 16.7. The normalized spacial score (nSPS) is 16.2. The Labute approximate surface area is 153 Å². The van der Waals surface area contributed by atoms with E-state index in [0.29, 0.717) is 12.2 Å². The fourth-order valence-electron chi connectivity index (χ4n) is 3.49. The smallest absolute Gasteiger partial charge is 0.226 e. The van der Waals surface area contributed by atoms with E-state index in [9.17, 15) is 4.79 Å². The van der Waals surface area contributed by atoms with E-state index in [2.05, 4.69) is 33.4 Å². The van der Waals surface area contributed by atoms with Crippen molar-refractivity contribution in [2.75, 3.05) is 18.0 Å². The third kappa shape index (κ3) is 3.07. The molecule has 1 fully saturated rings. The maximum atomic E-state index is 10.6. The summed E-state index contributed by atoms with van der Waals surface area (Å²) in [6.07, 6.45) is 5.06. The molecule has 6 heteroatoms. The summed E-state index contributed by atoms with van der Waals surface area (Å²) in [5.74, 6) is 1.44. The molecule has 4 rings (SSSR count). The zero-order valence-corrected chi connectivity index (χ0v) is 15.2. The van der Waals surface area contributed by atoms with Crippen LogP contribution in [0.3, 0.4) is 0 Å². The number of rotatable bonds is 4. The van der Waals surface area contributed by atoms with Crippen LogP contribution < -0.4 is 10.2 Å². The van der Waals surface area contributed by atoms with Crippen molar-refractivity contribution in [3.63, 3.8) is 0 Å². The fourth-order valence-corrected chi connectivity index (χ4v) is 3.49. The number of nitrogens with zero attached hydrogens (tertiary/aromatic N) is 4. The van der Waals surface area contributed by atoms with E-state index in [1.165, 1.54) is 17.7 Å². The molecule has 0 bridgehead atoms. The molecule has 2 aliphatic rings. The number of aliphatic imine (C=N–C) groups is 1. The van der Waals surface area contributed by atoms with E-state index < -0.39 is 0 Å². The predicted molar refractivity (Wildman–Crippen MR) is 103 cm³/mol. The first-order valence-electron chi connectivity index (χ1n) is 9.17. The lowest BCUT2D eigenvalue weighted by Gasteiger charge is -2.31. The van der Waals surface area contributed by atoms with E-state index in [1.807, 2.05) is 6.92 Å². The Morgan fingerprint density at radius 3 is 2.81 bits per heavy atom. The second-order valence-corrected chi connectivity index (χ2v) is 6.95. The monoisotopic (exact) mass is 349 g/mol. The van der Waals surface area contributed by atoms with Crippen LogP contribution in [0.2, 0.25) is 0 Å². The Morgan fingerprint density at radius 1 is 1.23 bits per heavy atom. The molecule has 1 saturated heterocycles. The van der Waals surface area contributed by atoms with Gasteiger partial charge in [-0.05, 0) is 51.2 Å². The number of benzene rings is 1. The number of aromatic nitrogens is 2. The number of anilines is 1. The molecule has 6 nitrogen and oxygen atoms in total. The van der Waals surface area contributed by atoms with Crippen LogP contribution in [0.4, 0.5) is 11.6 Å². The van der Waals surface area contributed by atoms with Gasteiger partial charge in [0, 0.05) is 29.9 Å². The highest BCUT2D eigenvalue weighted by Crippen LogP contribution is 2.35. The summed E-state index contributed by atoms with van der Waals surface area (Å²) in [5.41, 5.74) is 6.49. The van der Waals surface area contributed by atoms with Crippen LogP contribution in [0.25, 0.3) is 11.3 Å². The summed E-state index contributed by atoms with van der Waals surface area (Å²) >= 11 is 0. The number of aryl methyl sites for hydroxylation is 2. The van der Waals surface area contributed by atoms with Crippen LogP contribution in [0.1, 0.15) is 36.6 Å². The van der Waals surface area contributed by atoms with Gasteiger partial charge in [0.05, 0.1) is 11.4 Å². The lowest BCUT2D eigenvalue weighted by atomic mass is 10.0. The molecule has 2 aromatic rings. The molecule has 1 aromatic carbocycles.